The Morgan fingerprint density at radius 3 is 0.819 bits per heavy atom. The Balaban J connectivity index is 0.730. The molecule has 0 N–H and O–H groups in total. The van der Waals surface area contributed by atoms with Crippen LogP contribution in [-0.4, -0.2) is 0 Å². The fourth-order valence-electron chi connectivity index (χ4n) is 15.9. The van der Waals surface area contributed by atoms with Crippen LogP contribution < -0.4 is 0 Å². The summed E-state index contributed by atoms with van der Waals surface area (Å²) < 4.78 is 0. The van der Waals surface area contributed by atoms with E-state index in [1.54, 1.807) is 0 Å². The first-order chi connectivity index (χ1) is 40.4. The van der Waals surface area contributed by atoms with E-state index in [0.717, 1.165) is 0 Å². The van der Waals surface area contributed by atoms with Crippen molar-refractivity contribution in [2.75, 3.05) is 0 Å². The van der Waals surface area contributed by atoms with Crippen LogP contribution in [0, 0.1) is 0 Å². The summed E-state index contributed by atoms with van der Waals surface area (Å²) in [4.78, 5) is 0. The van der Waals surface area contributed by atoms with Crippen LogP contribution in [0.15, 0.2) is 255 Å². The summed E-state index contributed by atoms with van der Waals surface area (Å²) >= 11 is 0. The quantitative estimate of drug-likeness (QED) is 0.151. The van der Waals surface area contributed by atoms with E-state index >= 15 is 0 Å². The zero-order valence-electron chi connectivity index (χ0n) is 47.7. The standard InChI is InChI=1S/C83H60/c1-81(2)71-33-18-17-23-56(71)57-41-36-52(46-74(57)81)77-63-24-9-11-26-65(63)78(66-27-12-10-25-64(66)77)53-37-42-60-58-39-34-50(44-72(58)82(3,4)75(60)47-53)51-35-40-59-61-43-38-54(48-76(61)83(5,6)73(59)45-51)79-67-28-13-15-30-69(67)80(70-31-16-14-29-68(70)79)62-32-19-21-49-20-7-8-22-55(49)62/h7-48H,1-6H3. The molecular formula is C83H60. The molecule has 0 nitrogen and oxygen atoms in total. The molecule has 0 fully saturated rings. The van der Waals surface area contributed by atoms with Gasteiger partial charge in [-0.3, -0.25) is 0 Å². The first-order valence-corrected chi connectivity index (χ1v) is 29.6. The maximum absolute atomic E-state index is 2.52. The van der Waals surface area contributed by atoms with Crippen LogP contribution in [0.3, 0.4) is 0 Å². The maximum atomic E-state index is 2.52. The van der Waals surface area contributed by atoms with Gasteiger partial charge < -0.3 is 0 Å². The van der Waals surface area contributed by atoms with Crippen LogP contribution >= 0.6 is 0 Å². The van der Waals surface area contributed by atoms with Crippen LogP contribution in [0.2, 0.25) is 0 Å². The van der Waals surface area contributed by atoms with E-state index in [1.807, 2.05) is 0 Å². The van der Waals surface area contributed by atoms with Crippen molar-refractivity contribution < 1.29 is 0 Å². The normalized spacial score (nSPS) is 14.7. The van der Waals surface area contributed by atoms with E-state index in [-0.39, 0.29) is 16.2 Å². The Hall–Kier alpha value is -9.62. The lowest BCUT2D eigenvalue weighted by Crippen LogP contribution is -2.15. The topological polar surface area (TPSA) is 0 Å². The molecule has 0 heteroatoms. The second-order valence-electron chi connectivity index (χ2n) is 25.4. The van der Waals surface area contributed by atoms with E-state index in [9.17, 15) is 0 Å². The van der Waals surface area contributed by atoms with Gasteiger partial charge in [0.1, 0.15) is 0 Å². The highest BCUT2D eigenvalue weighted by Gasteiger charge is 2.39. The van der Waals surface area contributed by atoms with Gasteiger partial charge in [0.15, 0.2) is 0 Å². The highest BCUT2D eigenvalue weighted by atomic mass is 14.4. The summed E-state index contributed by atoms with van der Waals surface area (Å²) in [5, 5.41) is 12.8. The molecule has 0 heterocycles. The molecule has 0 atom stereocenters. The van der Waals surface area contributed by atoms with Gasteiger partial charge in [-0.1, -0.05) is 266 Å². The lowest BCUT2D eigenvalue weighted by Gasteiger charge is -2.24. The average Bonchev–Trinajstić information content (AvgIpc) is 2.53. The van der Waals surface area contributed by atoms with E-state index in [0.29, 0.717) is 0 Å². The Labute approximate surface area is 486 Å². The van der Waals surface area contributed by atoms with Crippen LogP contribution in [0.1, 0.15) is 74.9 Å². The third-order valence-electron chi connectivity index (χ3n) is 20.1. The molecule has 0 spiro atoms. The highest BCUT2D eigenvalue weighted by molar-refractivity contribution is 6.24. The van der Waals surface area contributed by atoms with Crippen LogP contribution in [0.25, 0.3) is 143 Å². The van der Waals surface area contributed by atoms with Crippen LogP contribution in [-0.2, 0) is 16.2 Å². The van der Waals surface area contributed by atoms with Gasteiger partial charge in [-0.2, -0.15) is 0 Å². The predicted octanol–water partition coefficient (Wildman–Crippen LogP) is 22.7. The van der Waals surface area contributed by atoms with Gasteiger partial charge >= 0.3 is 0 Å². The molecule has 0 aromatic heterocycles. The Kier molecular flexibility index (Phi) is 9.98. The monoisotopic (exact) mass is 1060 g/mol. The van der Waals surface area contributed by atoms with Crippen molar-refractivity contribution in [3.63, 3.8) is 0 Å². The molecule has 0 saturated heterocycles. The van der Waals surface area contributed by atoms with E-state index < -0.39 is 0 Å². The fourth-order valence-corrected chi connectivity index (χ4v) is 15.9. The average molecular weight is 1060 g/mol. The van der Waals surface area contributed by atoms with Gasteiger partial charge in [-0.25, -0.2) is 0 Å². The van der Waals surface area contributed by atoms with Gasteiger partial charge in [-0.15, -0.1) is 0 Å². The molecule has 392 valence electrons. The van der Waals surface area contributed by atoms with Crippen molar-refractivity contribution in [1.82, 2.24) is 0 Å². The Morgan fingerprint density at radius 2 is 0.434 bits per heavy atom. The van der Waals surface area contributed by atoms with Crippen molar-refractivity contribution >= 4 is 53.9 Å². The molecule has 0 aliphatic heterocycles. The molecule has 14 aromatic rings. The number of fused-ring (bicyclic) bond motifs is 14. The van der Waals surface area contributed by atoms with Gasteiger partial charge in [0.05, 0.1) is 0 Å². The van der Waals surface area contributed by atoms with Crippen molar-refractivity contribution in [1.29, 1.82) is 0 Å². The molecule has 3 aliphatic carbocycles. The summed E-state index contributed by atoms with van der Waals surface area (Å²) in [5.41, 5.74) is 28.6. The number of rotatable bonds is 5. The van der Waals surface area contributed by atoms with Gasteiger partial charge in [-0.05, 0) is 207 Å². The van der Waals surface area contributed by atoms with E-state index in [1.165, 1.54) is 176 Å². The summed E-state index contributed by atoms with van der Waals surface area (Å²) in [6, 6.07) is 97.2. The SMILES string of the molecule is CC1(C)c2ccccc2-c2ccc(-c3c4ccccc4c(-c4ccc5c(c4)C(C)(C)c4cc(-c6ccc7c(c6)C(C)(C)c6cc(-c8c9ccccc9c(-c9cccc%10ccccc9%10)c9ccccc89)ccc6-7)ccc4-5)c4ccccc34)cc21. The maximum Gasteiger partial charge on any atom is 0.0159 e. The van der Waals surface area contributed by atoms with Gasteiger partial charge in [0.2, 0.25) is 0 Å². The third-order valence-corrected chi connectivity index (χ3v) is 20.1. The number of benzene rings is 14. The van der Waals surface area contributed by atoms with Crippen LogP contribution in [0.5, 0.6) is 0 Å². The van der Waals surface area contributed by atoms with E-state index in [2.05, 4.69) is 296 Å². The second-order valence-corrected chi connectivity index (χ2v) is 25.4. The molecular weight excluding hydrogens is 997 g/mol. The van der Waals surface area contributed by atoms with Gasteiger partial charge in [0.25, 0.3) is 0 Å². The highest BCUT2D eigenvalue weighted by Crippen LogP contribution is 2.56. The molecule has 0 unspecified atom stereocenters. The molecule has 0 saturated carbocycles. The van der Waals surface area contributed by atoms with Crippen molar-refractivity contribution in [3.8, 4) is 89.0 Å². The summed E-state index contributed by atoms with van der Waals surface area (Å²) in [5.74, 6) is 0. The Morgan fingerprint density at radius 1 is 0.181 bits per heavy atom. The molecule has 17 rings (SSSR count). The summed E-state index contributed by atoms with van der Waals surface area (Å²) in [6.07, 6.45) is 0. The first-order valence-electron chi connectivity index (χ1n) is 29.6. The molecule has 0 amide bonds. The van der Waals surface area contributed by atoms with Crippen molar-refractivity contribution in [3.05, 3.63) is 288 Å². The number of hydrogen-bond acceptors (Lipinski definition) is 0. The summed E-state index contributed by atoms with van der Waals surface area (Å²) in [6.45, 7) is 14.5. The fraction of sp³-hybridized carbons (Fsp3) is 0.108. The minimum absolute atomic E-state index is 0.0818. The zero-order valence-corrected chi connectivity index (χ0v) is 47.7. The second kappa shape index (κ2) is 17.2. The molecule has 3 aliphatic rings. The van der Waals surface area contributed by atoms with Crippen LogP contribution in [0.4, 0.5) is 0 Å². The minimum atomic E-state index is -0.221. The Bertz CT molecular complexity index is 5050. The molecule has 14 aromatic carbocycles. The third kappa shape index (κ3) is 6.70. The predicted molar refractivity (Wildman–Crippen MR) is 354 cm³/mol. The first kappa shape index (κ1) is 48.1. The lowest BCUT2D eigenvalue weighted by atomic mass is 9.79. The zero-order chi connectivity index (χ0) is 55.7. The number of hydrogen-bond donors (Lipinski definition) is 0. The lowest BCUT2D eigenvalue weighted by molar-refractivity contribution is 0.660. The molecule has 0 bridgehead atoms. The van der Waals surface area contributed by atoms with E-state index in [4.69, 9.17) is 0 Å². The molecule has 0 radical (unpaired) electrons. The minimum Gasteiger partial charge on any atom is -0.0619 e. The van der Waals surface area contributed by atoms with Crippen molar-refractivity contribution in [2.45, 2.75) is 57.8 Å². The van der Waals surface area contributed by atoms with Gasteiger partial charge in [0, 0.05) is 16.2 Å². The summed E-state index contributed by atoms with van der Waals surface area (Å²) in [7, 11) is 0. The smallest absolute Gasteiger partial charge is 0.0159 e. The van der Waals surface area contributed by atoms with Crippen molar-refractivity contribution in [2.24, 2.45) is 0 Å². The molecule has 83 heavy (non-hydrogen) atoms. The largest absolute Gasteiger partial charge is 0.0619 e.